The first kappa shape index (κ1) is 18.3. The molecule has 3 aromatic rings. The van der Waals surface area contributed by atoms with E-state index in [0.29, 0.717) is 23.6 Å². The average Bonchev–Trinajstić information content (AvgIpc) is 3.12. The van der Waals surface area contributed by atoms with Crippen molar-refractivity contribution in [1.29, 1.82) is 5.26 Å². The number of hydrogen-bond acceptors (Lipinski definition) is 5. The lowest BCUT2D eigenvalue weighted by molar-refractivity contribution is -0.123. The Morgan fingerprint density at radius 2 is 2.11 bits per heavy atom. The molecule has 0 aliphatic carbocycles. The monoisotopic (exact) mass is 364 g/mol. The van der Waals surface area contributed by atoms with Gasteiger partial charge in [-0.3, -0.25) is 4.79 Å². The first-order valence-electron chi connectivity index (χ1n) is 8.59. The summed E-state index contributed by atoms with van der Waals surface area (Å²) in [5.41, 5.74) is 2.52. The van der Waals surface area contributed by atoms with Crippen LogP contribution in [0.2, 0.25) is 0 Å². The number of para-hydroxylation sites is 2. The Morgan fingerprint density at radius 1 is 1.26 bits per heavy atom. The van der Waals surface area contributed by atoms with Gasteiger partial charge in [0.05, 0.1) is 36.1 Å². The van der Waals surface area contributed by atoms with E-state index in [2.05, 4.69) is 14.9 Å². The van der Waals surface area contributed by atoms with Gasteiger partial charge < -0.3 is 19.4 Å². The number of amides is 1. The molecule has 7 nitrogen and oxygen atoms in total. The number of nitrogens with one attached hydrogen (secondary N) is 1. The minimum Gasteiger partial charge on any atom is -0.493 e. The molecule has 0 spiro atoms. The number of aromatic nitrogens is 2. The second-order valence-corrected chi connectivity index (χ2v) is 5.90. The summed E-state index contributed by atoms with van der Waals surface area (Å²) >= 11 is 0. The van der Waals surface area contributed by atoms with Crippen LogP contribution >= 0.6 is 0 Å². The lowest BCUT2D eigenvalue weighted by Crippen LogP contribution is -2.30. The van der Waals surface area contributed by atoms with Crippen LogP contribution < -0.4 is 14.8 Å². The van der Waals surface area contributed by atoms with Gasteiger partial charge in [0.2, 0.25) is 0 Å². The van der Waals surface area contributed by atoms with E-state index in [1.54, 1.807) is 18.2 Å². The summed E-state index contributed by atoms with van der Waals surface area (Å²) in [6.07, 6.45) is 2.60. The maximum atomic E-state index is 12.0. The van der Waals surface area contributed by atoms with Crippen molar-refractivity contribution in [3.63, 3.8) is 0 Å². The van der Waals surface area contributed by atoms with E-state index >= 15 is 0 Å². The van der Waals surface area contributed by atoms with Crippen molar-refractivity contribution in [2.24, 2.45) is 0 Å². The van der Waals surface area contributed by atoms with Crippen LogP contribution in [0.3, 0.4) is 0 Å². The number of benzene rings is 2. The summed E-state index contributed by atoms with van der Waals surface area (Å²) in [5, 5.41) is 11.7. The Hall–Kier alpha value is -3.53. The molecule has 0 saturated carbocycles. The molecule has 0 fully saturated rings. The summed E-state index contributed by atoms with van der Waals surface area (Å²) in [6, 6.07) is 14.8. The van der Waals surface area contributed by atoms with Gasteiger partial charge in [-0.15, -0.1) is 0 Å². The van der Waals surface area contributed by atoms with Crippen molar-refractivity contribution in [2.75, 3.05) is 20.3 Å². The topological polar surface area (TPSA) is 89.2 Å². The van der Waals surface area contributed by atoms with E-state index in [1.165, 1.54) is 7.11 Å². The maximum absolute atomic E-state index is 12.0. The van der Waals surface area contributed by atoms with Gasteiger partial charge in [-0.25, -0.2) is 4.98 Å². The lowest BCUT2D eigenvalue weighted by atomic mass is 10.2. The van der Waals surface area contributed by atoms with E-state index < -0.39 is 0 Å². The van der Waals surface area contributed by atoms with Crippen molar-refractivity contribution in [1.82, 2.24) is 14.9 Å². The van der Waals surface area contributed by atoms with Gasteiger partial charge in [0.1, 0.15) is 0 Å². The highest BCUT2D eigenvalue weighted by atomic mass is 16.5. The van der Waals surface area contributed by atoms with Gasteiger partial charge in [0.15, 0.2) is 18.1 Å². The molecule has 3 rings (SSSR count). The Labute approximate surface area is 157 Å². The molecule has 0 radical (unpaired) electrons. The molecule has 7 heteroatoms. The molecule has 0 saturated heterocycles. The zero-order valence-corrected chi connectivity index (χ0v) is 15.0. The van der Waals surface area contributed by atoms with Crippen LogP contribution in [0.1, 0.15) is 12.0 Å². The number of hydrogen-bond donors (Lipinski definition) is 1. The largest absolute Gasteiger partial charge is 0.493 e. The van der Waals surface area contributed by atoms with Crippen LogP contribution in [0.5, 0.6) is 11.5 Å². The molecular weight excluding hydrogens is 344 g/mol. The Morgan fingerprint density at radius 3 is 2.93 bits per heavy atom. The van der Waals surface area contributed by atoms with Crippen molar-refractivity contribution in [3.05, 3.63) is 54.4 Å². The summed E-state index contributed by atoms with van der Waals surface area (Å²) < 4.78 is 12.7. The number of imidazole rings is 1. The molecule has 0 atom stereocenters. The lowest BCUT2D eigenvalue weighted by Gasteiger charge is -2.11. The summed E-state index contributed by atoms with van der Waals surface area (Å²) in [5.74, 6) is 0.641. The Balaban J connectivity index is 1.43. The molecule has 0 bridgehead atoms. The predicted octanol–water partition coefficient (Wildman–Crippen LogP) is 2.50. The van der Waals surface area contributed by atoms with Gasteiger partial charge in [-0.05, 0) is 30.7 Å². The maximum Gasteiger partial charge on any atom is 0.257 e. The molecule has 27 heavy (non-hydrogen) atoms. The highest BCUT2D eigenvalue weighted by Gasteiger charge is 2.08. The first-order chi connectivity index (χ1) is 13.2. The van der Waals surface area contributed by atoms with Gasteiger partial charge in [0.25, 0.3) is 5.91 Å². The van der Waals surface area contributed by atoms with Crippen molar-refractivity contribution in [3.8, 4) is 17.6 Å². The van der Waals surface area contributed by atoms with Gasteiger partial charge in [-0.1, -0.05) is 12.1 Å². The first-order valence-corrected chi connectivity index (χ1v) is 8.59. The number of nitrogens with zero attached hydrogens (tertiary/aromatic N) is 3. The number of fused-ring (bicyclic) bond motifs is 1. The van der Waals surface area contributed by atoms with Crippen molar-refractivity contribution >= 4 is 16.9 Å². The third-order valence-corrected chi connectivity index (χ3v) is 4.08. The molecule has 0 unspecified atom stereocenters. The molecule has 0 aliphatic rings. The van der Waals surface area contributed by atoms with Gasteiger partial charge in [0, 0.05) is 19.2 Å². The Kier molecular flexibility index (Phi) is 5.90. The number of carbonyl (C=O) groups is 1. The fourth-order valence-corrected chi connectivity index (χ4v) is 2.72. The molecule has 0 aliphatic heterocycles. The normalized spacial score (nSPS) is 10.4. The second kappa shape index (κ2) is 8.72. The van der Waals surface area contributed by atoms with E-state index in [9.17, 15) is 4.79 Å². The highest BCUT2D eigenvalue weighted by Crippen LogP contribution is 2.27. The summed E-state index contributed by atoms with van der Waals surface area (Å²) in [7, 11) is 1.49. The van der Waals surface area contributed by atoms with Gasteiger partial charge >= 0.3 is 0 Å². The minimum absolute atomic E-state index is 0.115. The average molecular weight is 364 g/mol. The van der Waals surface area contributed by atoms with Crippen molar-refractivity contribution < 1.29 is 14.3 Å². The molecule has 138 valence electrons. The van der Waals surface area contributed by atoms with Crippen LogP contribution in [0, 0.1) is 11.3 Å². The van der Waals surface area contributed by atoms with Crippen LogP contribution in [0.15, 0.2) is 48.8 Å². The van der Waals surface area contributed by atoms with Crippen LogP contribution in [0.25, 0.3) is 11.0 Å². The fourth-order valence-electron chi connectivity index (χ4n) is 2.72. The number of rotatable bonds is 8. The standard InChI is InChI=1S/C20H20N4O3/c1-26-19-11-15(12-21)7-8-18(19)27-13-20(25)22-9-4-10-24-14-23-16-5-2-3-6-17(16)24/h2-3,5-8,11,14H,4,9-10,13H2,1H3,(H,22,25). The zero-order chi connectivity index (χ0) is 19.1. The van der Waals surface area contributed by atoms with E-state index in [-0.39, 0.29) is 12.5 Å². The zero-order valence-electron chi connectivity index (χ0n) is 15.0. The van der Waals surface area contributed by atoms with Gasteiger partial charge in [-0.2, -0.15) is 5.26 Å². The van der Waals surface area contributed by atoms with E-state index in [4.69, 9.17) is 14.7 Å². The van der Waals surface area contributed by atoms with E-state index in [1.807, 2.05) is 36.7 Å². The second-order valence-electron chi connectivity index (χ2n) is 5.90. The molecule has 1 aromatic heterocycles. The van der Waals surface area contributed by atoms with Crippen molar-refractivity contribution in [2.45, 2.75) is 13.0 Å². The number of carbonyl (C=O) groups excluding carboxylic acids is 1. The quantitative estimate of drug-likeness (QED) is 0.620. The number of methoxy groups -OCH3 is 1. The minimum atomic E-state index is -0.211. The molecule has 1 heterocycles. The SMILES string of the molecule is COc1cc(C#N)ccc1OCC(=O)NCCCn1cnc2ccccc21. The highest BCUT2D eigenvalue weighted by molar-refractivity contribution is 5.77. The van der Waals surface area contributed by atoms with Crippen LogP contribution in [-0.2, 0) is 11.3 Å². The number of nitriles is 1. The Bertz CT molecular complexity index is 975. The molecule has 2 aromatic carbocycles. The predicted molar refractivity (Wildman–Crippen MR) is 101 cm³/mol. The smallest absolute Gasteiger partial charge is 0.257 e. The molecular formula is C20H20N4O3. The van der Waals surface area contributed by atoms with Crippen LogP contribution in [-0.4, -0.2) is 35.7 Å². The fraction of sp³-hybridized carbons (Fsp3) is 0.250. The van der Waals surface area contributed by atoms with Crippen LogP contribution in [0.4, 0.5) is 0 Å². The summed E-state index contributed by atoms with van der Waals surface area (Å²) in [4.78, 5) is 16.3. The molecule has 1 amide bonds. The molecule has 1 N–H and O–H groups in total. The van der Waals surface area contributed by atoms with E-state index in [0.717, 1.165) is 24.0 Å². The third-order valence-electron chi connectivity index (χ3n) is 4.08. The number of ether oxygens (including phenoxy) is 2. The number of aryl methyl sites for hydroxylation is 1. The third kappa shape index (κ3) is 4.55. The summed E-state index contributed by atoms with van der Waals surface area (Å²) in [6.45, 7) is 1.20.